The van der Waals surface area contributed by atoms with E-state index >= 15 is 0 Å². The molecule has 6 rings (SSSR count). The Hall–Kier alpha value is -4.89. The zero-order chi connectivity index (χ0) is 26.1. The van der Waals surface area contributed by atoms with Gasteiger partial charge in [-0.2, -0.15) is 10.2 Å². The van der Waals surface area contributed by atoms with E-state index in [9.17, 15) is 4.79 Å². The Labute approximate surface area is 221 Å². The highest BCUT2D eigenvalue weighted by Gasteiger charge is 2.13. The number of benzene rings is 3. The van der Waals surface area contributed by atoms with Crippen LogP contribution in [-0.2, 0) is 0 Å². The van der Waals surface area contributed by atoms with Gasteiger partial charge < -0.3 is 4.98 Å². The zero-order valence-corrected chi connectivity index (χ0v) is 21.6. The summed E-state index contributed by atoms with van der Waals surface area (Å²) in [5, 5.41) is 13.8. The van der Waals surface area contributed by atoms with Crippen molar-refractivity contribution in [2.24, 2.45) is 10.2 Å². The molecule has 3 aromatic heterocycles. The molecule has 0 saturated heterocycles. The van der Waals surface area contributed by atoms with Gasteiger partial charge in [-0.1, -0.05) is 77.1 Å². The monoisotopic (exact) mass is 517 g/mol. The van der Waals surface area contributed by atoms with Crippen LogP contribution in [0.2, 0.25) is 0 Å². The first-order valence-corrected chi connectivity index (χ1v) is 12.8. The molecule has 1 N–H and O–H groups in total. The standard InChI is InChI=1S/C29H23N7OS/c1-19-8-12-21(13-9-19)25-22(17-35(34-25)23-6-4-3-5-7-23)16-32-33-29-36(24-14-10-20(2)11-15-24)27-26(38-29)28(37)31-18-30-27/h3-18H,1-2H3,(H,30,31,37). The quantitative estimate of drug-likeness (QED) is 0.252. The van der Waals surface area contributed by atoms with E-state index in [2.05, 4.69) is 51.4 Å². The maximum Gasteiger partial charge on any atom is 0.270 e. The Kier molecular flexibility index (Phi) is 6.11. The minimum atomic E-state index is -0.211. The number of hydrogen-bond acceptors (Lipinski definition) is 6. The first-order chi connectivity index (χ1) is 18.6. The molecule has 0 saturated carbocycles. The predicted octanol–water partition coefficient (Wildman–Crippen LogP) is 5.18. The number of para-hydroxylation sites is 1. The fourth-order valence-corrected chi connectivity index (χ4v) is 5.06. The van der Waals surface area contributed by atoms with Crippen LogP contribution < -0.4 is 10.4 Å². The second-order valence-corrected chi connectivity index (χ2v) is 9.84. The molecule has 0 fully saturated rings. The van der Waals surface area contributed by atoms with Crippen molar-refractivity contribution in [3.8, 4) is 22.6 Å². The van der Waals surface area contributed by atoms with E-state index in [4.69, 9.17) is 5.10 Å². The summed E-state index contributed by atoms with van der Waals surface area (Å²) in [6.07, 6.45) is 5.04. The average Bonchev–Trinajstić information content (AvgIpc) is 3.53. The van der Waals surface area contributed by atoms with Gasteiger partial charge in [0.25, 0.3) is 5.56 Å². The number of H-pyrrole nitrogens is 1. The van der Waals surface area contributed by atoms with Crippen molar-refractivity contribution in [3.05, 3.63) is 123 Å². The lowest BCUT2D eigenvalue weighted by atomic mass is 10.1. The molecule has 0 aliphatic rings. The molecular formula is C29H23N7OS. The molecule has 0 atom stereocenters. The molecule has 8 nitrogen and oxygen atoms in total. The lowest BCUT2D eigenvalue weighted by Crippen LogP contribution is -2.13. The van der Waals surface area contributed by atoms with Crippen molar-refractivity contribution in [2.45, 2.75) is 13.8 Å². The maximum atomic E-state index is 12.5. The molecule has 0 aliphatic heterocycles. The number of nitrogens with zero attached hydrogens (tertiary/aromatic N) is 6. The Morgan fingerprint density at radius 2 is 1.61 bits per heavy atom. The van der Waals surface area contributed by atoms with E-state index in [1.165, 1.54) is 23.2 Å². The number of hydrogen-bond donors (Lipinski definition) is 1. The van der Waals surface area contributed by atoms with Crippen LogP contribution in [0.15, 0.2) is 106 Å². The maximum absolute atomic E-state index is 12.5. The van der Waals surface area contributed by atoms with E-state index in [1.807, 2.05) is 77.0 Å². The third kappa shape index (κ3) is 4.51. The molecule has 0 spiro atoms. The summed E-state index contributed by atoms with van der Waals surface area (Å²) < 4.78 is 4.17. The molecule has 6 aromatic rings. The Bertz CT molecular complexity index is 1890. The molecule has 3 heterocycles. The van der Waals surface area contributed by atoms with Crippen LogP contribution in [0, 0.1) is 13.8 Å². The minimum Gasteiger partial charge on any atom is -0.312 e. The number of aromatic nitrogens is 5. The molecule has 0 unspecified atom stereocenters. The summed E-state index contributed by atoms with van der Waals surface area (Å²) in [5.41, 5.74) is 7.04. The topological polar surface area (TPSA) is 93.2 Å². The molecule has 0 amide bonds. The molecule has 9 heteroatoms. The molecule has 0 radical (unpaired) electrons. The van der Waals surface area contributed by atoms with Crippen LogP contribution in [0.25, 0.3) is 33.0 Å². The van der Waals surface area contributed by atoms with Crippen molar-refractivity contribution in [2.75, 3.05) is 0 Å². The SMILES string of the molecule is Cc1ccc(-c2nn(-c3ccccc3)cc2C=NN=c2sc3c(=O)[nH]cnc3n2-c2ccc(C)cc2)cc1. The number of rotatable bonds is 5. The smallest absolute Gasteiger partial charge is 0.270 e. The van der Waals surface area contributed by atoms with Crippen molar-refractivity contribution in [1.82, 2.24) is 24.3 Å². The van der Waals surface area contributed by atoms with Gasteiger partial charge in [0.05, 0.1) is 23.9 Å². The molecule has 0 bridgehead atoms. The number of aromatic amines is 1. The predicted molar refractivity (Wildman–Crippen MR) is 151 cm³/mol. The lowest BCUT2D eigenvalue weighted by Gasteiger charge is -2.04. The second kappa shape index (κ2) is 9.87. The fourth-order valence-electron chi connectivity index (χ4n) is 4.12. The van der Waals surface area contributed by atoms with E-state index < -0.39 is 0 Å². The molecule has 3 aromatic carbocycles. The number of nitrogens with one attached hydrogen (secondary N) is 1. The largest absolute Gasteiger partial charge is 0.312 e. The third-order valence-corrected chi connectivity index (χ3v) is 7.13. The van der Waals surface area contributed by atoms with Crippen LogP contribution in [-0.4, -0.2) is 30.5 Å². The molecule has 186 valence electrons. The third-order valence-electron chi connectivity index (χ3n) is 6.11. The van der Waals surface area contributed by atoms with E-state index in [0.717, 1.165) is 33.8 Å². The average molecular weight is 518 g/mol. The van der Waals surface area contributed by atoms with Crippen molar-refractivity contribution in [3.63, 3.8) is 0 Å². The van der Waals surface area contributed by atoms with Gasteiger partial charge in [-0.25, -0.2) is 9.67 Å². The van der Waals surface area contributed by atoms with Gasteiger partial charge in [-0.15, -0.1) is 5.10 Å². The van der Waals surface area contributed by atoms with Gasteiger partial charge in [0.2, 0.25) is 4.80 Å². The van der Waals surface area contributed by atoms with Crippen LogP contribution in [0.5, 0.6) is 0 Å². The van der Waals surface area contributed by atoms with Crippen molar-refractivity contribution in [1.29, 1.82) is 0 Å². The number of aryl methyl sites for hydroxylation is 2. The fraction of sp³-hybridized carbons (Fsp3) is 0.0690. The number of thiazole rings is 1. The normalized spacial score (nSPS) is 12.1. The summed E-state index contributed by atoms with van der Waals surface area (Å²) in [6.45, 7) is 4.09. The van der Waals surface area contributed by atoms with Gasteiger partial charge in [0.1, 0.15) is 10.4 Å². The Morgan fingerprint density at radius 1 is 0.895 bits per heavy atom. The van der Waals surface area contributed by atoms with Gasteiger partial charge in [0.15, 0.2) is 5.65 Å². The number of fused-ring (bicyclic) bond motifs is 1. The first-order valence-electron chi connectivity index (χ1n) is 12.0. The van der Waals surface area contributed by atoms with E-state index in [-0.39, 0.29) is 5.56 Å². The Balaban J connectivity index is 1.48. The molecular weight excluding hydrogens is 494 g/mol. The highest BCUT2D eigenvalue weighted by molar-refractivity contribution is 7.16. The van der Waals surface area contributed by atoms with Crippen molar-refractivity contribution >= 4 is 27.9 Å². The van der Waals surface area contributed by atoms with Gasteiger partial charge >= 0.3 is 0 Å². The Morgan fingerprint density at radius 3 is 2.34 bits per heavy atom. The first kappa shape index (κ1) is 23.5. The highest BCUT2D eigenvalue weighted by Crippen LogP contribution is 2.23. The van der Waals surface area contributed by atoms with Crippen LogP contribution in [0.3, 0.4) is 0 Å². The summed E-state index contributed by atoms with van der Waals surface area (Å²) in [6, 6.07) is 26.2. The summed E-state index contributed by atoms with van der Waals surface area (Å²) in [7, 11) is 0. The van der Waals surface area contributed by atoms with Crippen LogP contribution >= 0.6 is 11.3 Å². The van der Waals surface area contributed by atoms with Gasteiger partial charge in [-0.05, 0) is 38.1 Å². The lowest BCUT2D eigenvalue weighted by molar-refractivity contribution is 0.884. The highest BCUT2D eigenvalue weighted by atomic mass is 32.1. The summed E-state index contributed by atoms with van der Waals surface area (Å²) in [4.78, 5) is 20.1. The van der Waals surface area contributed by atoms with Gasteiger partial charge in [-0.3, -0.25) is 9.36 Å². The zero-order valence-electron chi connectivity index (χ0n) is 20.7. The summed E-state index contributed by atoms with van der Waals surface area (Å²) >= 11 is 1.24. The second-order valence-electron chi connectivity index (χ2n) is 8.86. The van der Waals surface area contributed by atoms with E-state index in [1.54, 1.807) is 6.21 Å². The van der Waals surface area contributed by atoms with E-state index in [0.29, 0.717) is 15.1 Å². The van der Waals surface area contributed by atoms with Crippen LogP contribution in [0.1, 0.15) is 16.7 Å². The molecule has 0 aliphatic carbocycles. The van der Waals surface area contributed by atoms with Gasteiger partial charge in [0, 0.05) is 17.3 Å². The minimum absolute atomic E-state index is 0.211. The van der Waals surface area contributed by atoms with Crippen LogP contribution in [0.4, 0.5) is 0 Å². The summed E-state index contributed by atoms with van der Waals surface area (Å²) in [5.74, 6) is 0. The van der Waals surface area contributed by atoms with Crippen molar-refractivity contribution < 1.29 is 0 Å². The molecule has 38 heavy (non-hydrogen) atoms.